The molecule has 0 aromatic carbocycles. The van der Waals surface area contributed by atoms with E-state index >= 15 is 0 Å². The van der Waals surface area contributed by atoms with E-state index in [1.54, 1.807) is 0 Å². The lowest BCUT2D eigenvalue weighted by Gasteiger charge is -2.37. The first-order valence-corrected chi connectivity index (χ1v) is 8.22. The van der Waals surface area contributed by atoms with Crippen LogP contribution < -0.4 is 5.32 Å². The molecule has 1 fully saturated rings. The first-order valence-electron chi connectivity index (χ1n) is 7.28. The van der Waals surface area contributed by atoms with E-state index in [2.05, 4.69) is 40.9 Å². The second-order valence-electron chi connectivity index (χ2n) is 5.47. The van der Waals surface area contributed by atoms with Crippen molar-refractivity contribution < 1.29 is 0 Å². The molecule has 2 nitrogen and oxygen atoms in total. The first kappa shape index (κ1) is 14.0. The molecule has 2 heterocycles. The average molecular weight is 266 g/mol. The van der Waals surface area contributed by atoms with E-state index in [0.29, 0.717) is 12.1 Å². The van der Waals surface area contributed by atoms with Crippen molar-refractivity contribution in [1.82, 2.24) is 10.2 Å². The average Bonchev–Trinajstić information content (AvgIpc) is 2.89. The summed E-state index contributed by atoms with van der Waals surface area (Å²) in [6.07, 6.45) is 5.13. The fourth-order valence-electron chi connectivity index (χ4n) is 2.80. The van der Waals surface area contributed by atoms with E-state index in [9.17, 15) is 0 Å². The molecule has 3 heteroatoms. The summed E-state index contributed by atoms with van der Waals surface area (Å²) in [5.74, 6) is 0. The number of piperidine rings is 1. The molecule has 0 aliphatic carbocycles. The molecule has 1 aromatic rings. The number of hydrogen-bond acceptors (Lipinski definition) is 3. The van der Waals surface area contributed by atoms with Crippen molar-refractivity contribution in [2.24, 2.45) is 0 Å². The fraction of sp³-hybridized carbons (Fsp3) is 0.733. The monoisotopic (exact) mass is 266 g/mol. The molecule has 2 atom stereocenters. The van der Waals surface area contributed by atoms with Crippen molar-refractivity contribution in [2.75, 3.05) is 19.6 Å². The third-order valence-electron chi connectivity index (χ3n) is 3.87. The lowest BCUT2D eigenvalue weighted by Crippen LogP contribution is -2.49. The third kappa shape index (κ3) is 4.08. The van der Waals surface area contributed by atoms with Crippen LogP contribution in [0.3, 0.4) is 0 Å². The quantitative estimate of drug-likeness (QED) is 0.851. The molecular formula is C15H26N2S. The van der Waals surface area contributed by atoms with Gasteiger partial charge in [0.15, 0.2) is 0 Å². The molecule has 0 amide bonds. The molecule has 1 N–H and O–H groups in total. The van der Waals surface area contributed by atoms with Crippen LogP contribution >= 0.6 is 11.3 Å². The van der Waals surface area contributed by atoms with E-state index in [1.807, 2.05) is 11.3 Å². The number of nitrogens with one attached hydrogen (secondary N) is 1. The van der Waals surface area contributed by atoms with Crippen LogP contribution in [-0.4, -0.2) is 36.6 Å². The van der Waals surface area contributed by atoms with Gasteiger partial charge in [0.25, 0.3) is 0 Å². The summed E-state index contributed by atoms with van der Waals surface area (Å²) in [5, 5.41) is 8.14. The number of likely N-dealkylation sites (tertiary alicyclic amines) is 1. The van der Waals surface area contributed by atoms with Gasteiger partial charge >= 0.3 is 0 Å². The SMILES string of the molecule is CCCNC1CCCN(C(C)Cc2ccsc2)C1. The Kier molecular flexibility index (Phi) is 5.67. The minimum Gasteiger partial charge on any atom is -0.313 e. The van der Waals surface area contributed by atoms with Gasteiger partial charge in [-0.1, -0.05) is 6.92 Å². The van der Waals surface area contributed by atoms with Crippen LogP contribution in [-0.2, 0) is 6.42 Å². The predicted molar refractivity (Wildman–Crippen MR) is 80.4 cm³/mol. The summed E-state index contributed by atoms with van der Waals surface area (Å²) in [4.78, 5) is 2.66. The predicted octanol–water partition coefficient (Wildman–Crippen LogP) is 3.14. The van der Waals surface area contributed by atoms with Gasteiger partial charge < -0.3 is 5.32 Å². The zero-order valence-corrected chi connectivity index (χ0v) is 12.5. The molecule has 2 unspecified atom stereocenters. The number of thiophene rings is 1. The Labute approximate surface area is 115 Å². The molecule has 1 aromatic heterocycles. The van der Waals surface area contributed by atoms with Crippen LogP contribution in [0.4, 0.5) is 0 Å². The Morgan fingerprint density at radius 2 is 2.44 bits per heavy atom. The Morgan fingerprint density at radius 1 is 1.56 bits per heavy atom. The van der Waals surface area contributed by atoms with Crippen LogP contribution in [0.2, 0.25) is 0 Å². The van der Waals surface area contributed by atoms with Crippen molar-refractivity contribution in [3.8, 4) is 0 Å². The molecule has 102 valence electrons. The maximum Gasteiger partial charge on any atom is 0.0195 e. The van der Waals surface area contributed by atoms with Gasteiger partial charge in [-0.05, 0) is 68.1 Å². The van der Waals surface area contributed by atoms with Gasteiger partial charge in [-0.2, -0.15) is 11.3 Å². The summed E-state index contributed by atoms with van der Waals surface area (Å²) in [6, 6.07) is 3.65. The smallest absolute Gasteiger partial charge is 0.0195 e. The summed E-state index contributed by atoms with van der Waals surface area (Å²) in [6.45, 7) is 8.28. The van der Waals surface area contributed by atoms with Crippen molar-refractivity contribution in [2.45, 2.75) is 51.6 Å². The van der Waals surface area contributed by atoms with Crippen molar-refractivity contribution in [3.05, 3.63) is 22.4 Å². The van der Waals surface area contributed by atoms with Gasteiger partial charge in [-0.15, -0.1) is 0 Å². The van der Waals surface area contributed by atoms with Crippen LogP contribution in [0.15, 0.2) is 16.8 Å². The van der Waals surface area contributed by atoms with Gasteiger partial charge in [0.05, 0.1) is 0 Å². The normalized spacial score (nSPS) is 23.1. The summed E-state index contributed by atoms with van der Waals surface area (Å²) >= 11 is 1.81. The standard InChI is InChI=1S/C15H26N2S/c1-3-7-16-15-5-4-8-17(11-15)13(2)10-14-6-9-18-12-14/h6,9,12-13,15-16H,3-5,7-8,10-11H2,1-2H3. The molecular weight excluding hydrogens is 240 g/mol. The third-order valence-corrected chi connectivity index (χ3v) is 4.60. The number of hydrogen-bond donors (Lipinski definition) is 1. The van der Waals surface area contributed by atoms with Crippen molar-refractivity contribution >= 4 is 11.3 Å². The molecule has 1 saturated heterocycles. The van der Waals surface area contributed by atoms with Gasteiger partial charge in [0, 0.05) is 18.6 Å². The molecule has 0 bridgehead atoms. The second-order valence-corrected chi connectivity index (χ2v) is 6.25. The summed E-state index contributed by atoms with van der Waals surface area (Å²) in [5.41, 5.74) is 1.50. The van der Waals surface area contributed by atoms with E-state index in [-0.39, 0.29) is 0 Å². The second kappa shape index (κ2) is 7.27. The Morgan fingerprint density at radius 3 is 3.17 bits per heavy atom. The van der Waals surface area contributed by atoms with E-state index < -0.39 is 0 Å². The van der Waals surface area contributed by atoms with Gasteiger partial charge in [-0.25, -0.2) is 0 Å². The summed E-state index contributed by atoms with van der Waals surface area (Å²) < 4.78 is 0. The molecule has 1 aliphatic heterocycles. The maximum absolute atomic E-state index is 3.68. The molecule has 0 spiro atoms. The van der Waals surface area contributed by atoms with Gasteiger partial charge in [0.1, 0.15) is 0 Å². The largest absolute Gasteiger partial charge is 0.313 e. The zero-order valence-electron chi connectivity index (χ0n) is 11.7. The Balaban J connectivity index is 1.80. The minimum atomic E-state index is 0.672. The highest BCUT2D eigenvalue weighted by Gasteiger charge is 2.23. The highest BCUT2D eigenvalue weighted by molar-refractivity contribution is 7.07. The topological polar surface area (TPSA) is 15.3 Å². The maximum atomic E-state index is 3.68. The highest BCUT2D eigenvalue weighted by atomic mass is 32.1. The van der Waals surface area contributed by atoms with Crippen LogP contribution in [0.1, 0.15) is 38.7 Å². The van der Waals surface area contributed by atoms with E-state index in [0.717, 1.165) is 6.54 Å². The van der Waals surface area contributed by atoms with Crippen LogP contribution in [0, 0.1) is 0 Å². The van der Waals surface area contributed by atoms with E-state index in [4.69, 9.17) is 0 Å². The first-order chi connectivity index (χ1) is 8.79. The van der Waals surface area contributed by atoms with Gasteiger partial charge in [0.2, 0.25) is 0 Å². The Hall–Kier alpha value is -0.380. The lowest BCUT2D eigenvalue weighted by molar-refractivity contribution is 0.145. The van der Waals surface area contributed by atoms with E-state index in [1.165, 1.54) is 44.3 Å². The molecule has 0 radical (unpaired) electrons. The van der Waals surface area contributed by atoms with Crippen LogP contribution in [0.5, 0.6) is 0 Å². The molecule has 18 heavy (non-hydrogen) atoms. The summed E-state index contributed by atoms with van der Waals surface area (Å²) in [7, 11) is 0. The van der Waals surface area contributed by atoms with Crippen molar-refractivity contribution in [3.63, 3.8) is 0 Å². The van der Waals surface area contributed by atoms with Crippen LogP contribution in [0.25, 0.3) is 0 Å². The minimum absolute atomic E-state index is 0.672. The fourth-order valence-corrected chi connectivity index (χ4v) is 3.48. The van der Waals surface area contributed by atoms with Gasteiger partial charge in [-0.3, -0.25) is 4.90 Å². The molecule has 1 aliphatic rings. The lowest BCUT2D eigenvalue weighted by atomic mass is 10.0. The molecule has 0 saturated carbocycles. The number of rotatable bonds is 6. The van der Waals surface area contributed by atoms with Crippen molar-refractivity contribution in [1.29, 1.82) is 0 Å². The molecule has 2 rings (SSSR count). The number of nitrogens with zero attached hydrogens (tertiary/aromatic N) is 1. The zero-order chi connectivity index (χ0) is 12.8. The highest BCUT2D eigenvalue weighted by Crippen LogP contribution is 2.17. The Bertz CT molecular complexity index is 323.